The zero-order valence-electron chi connectivity index (χ0n) is 9.54. The zero-order valence-corrected chi connectivity index (χ0v) is 9.54. The van der Waals surface area contributed by atoms with Gasteiger partial charge in [-0.25, -0.2) is 0 Å². The van der Waals surface area contributed by atoms with Crippen molar-refractivity contribution in [3.8, 4) is 0 Å². The summed E-state index contributed by atoms with van der Waals surface area (Å²) in [5.41, 5.74) is 0. The molecule has 0 aromatic rings. The van der Waals surface area contributed by atoms with E-state index >= 15 is 0 Å². The Morgan fingerprint density at radius 3 is 2.73 bits per heavy atom. The second-order valence-corrected chi connectivity index (χ2v) is 4.63. The highest BCUT2D eigenvalue weighted by Crippen LogP contribution is 2.12. The lowest BCUT2D eigenvalue weighted by atomic mass is 10.1. The van der Waals surface area contributed by atoms with Crippen molar-refractivity contribution in [3.63, 3.8) is 0 Å². The molecule has 1 N–H and O–H groups in total. The van der Waals surface area contributed by atoms with Gasteiger partial charge in [0.15, 0.2) is 0 Å². The number of likely N-dealkylation sites (tertiary alicyclic amines) is 1. The third-order valence-electron chi connectivity index (χ3n) is 3.51. The van der Waals surface area contributed by atoms with E-state index in [0.717, 1.165) is 32.7 Å². The third kappa shape index (κ3) is 2.69. The highest BCUT2D eigenvalue weighted by Gasteiger charge is 2.25. The summed E-state index contributed by atoms with van der Waals surface area (Å²) in [6.07, 6.45) is 3.05. The van der Waals surface area contributed by atoms with Gasteiger partial charge in [0, 0.05) is 45.2 Å². The fourth-order valence-corrected chi connectivity index (χ4v) is 2.39. The number of carbonyl (C=O) groups excluding carboxylic acids is 1. The van der Waals surface area contributed by atoms with Gasteiger partial charge in [0.25, 0.3) is 0 Å². The van der Waals surface area contributed by atoms with Gasteiger partial charge >= 0.3 is 0 Å². The molecule has 0 spiro atoms. The standard InChI is InChI=1S/C11H21N3O/c1-13-7-4-12-9-10(13)8-11(15)14-5-2-3-6-14/h10,12H,2-9H2,1H3. The minimum Gasteiger partial charge on any atom is -0.343 e. The van der Waals surface area contributed by atoms with Gasteiger partial charge in [-0.3, -0.25) is 4.79 Å². The summed E-state index contributed by atoms with van der Waals surface area (Å²) < 4.78 is 0. The van der Waals surface area contributed by atoms with Crippen molar-refractivity contribution in [2.24, 2.45) is 0 Å². The summed E-state index contributed by atoms with van der Waals surface area (Å²) >= 11 is 0. The van der Waals surface area contributed by atoms with E-state index in [-0.39, 0.29) is 0 Å². The van der Waals surface area contributed by atoms with Gasteiger partial charge in [0.1, 0.15) is 0 Å². The van der Waals surface area contributed by atoms with Crippen LogP contribution in [0.5, 0.6) is 0 Å². The van der Waals surface area contributed by atoms with E-state index in [1.165, 1.54) is 12.8 Å². The second kappa shape index (κ2) is 4.94. The fourth-order valence-electron chi connectivity index (χ4n) is 2.39. The number of carbonyl (C=O) groups is 1. The van der Waals surface area contributed by atoms with E-state index in [2.05, 4.69) is 17.3 Å². The lowest BCUT2D eigenvalue weighted by Gasteiger charge is -2.33. The highest BCUT2D eigenvalue weighted by atomic mass is 16.2. The third-order valence-corrected chi connectivity index (χ3v) is 3.51. The largest absolute Gasteiger partial charge is 0.343 e. The van der Waals surface area contributed by atoms with Crippen LogP contribution in [0, 0.1) is 0 Å². The van der Waals surface area contributed by atoms with E-state index in [9.17, 15) is 4.79 Å². The maximum absolute atomic E-state index is 11.9. The Kier molecular flexibility index (Phi) is 3.59. The molecule has 0 aliphatic carbocycles. The van der Waals surface area contributed by atoms with Crippen molar-refractivity contribution in [3.05, 3.63) is 0 Å². The summed E-state index contributed by atoms with van der Waals surface area (Å²) in [5.74, 6) is 0.341. The fraction of sp³-hybridized carbons (Fsp3) is 0.909. The zero-order chi connectivity index (χ0) is 10.7. The molecular formula is C11H21N3O. The minimum absolute atomic E-state index is 0.341. The lowest BCUT2D eigenvalue weighted by Crippen LogP contribution is -2.51. The van der Waals surface area contributed by atoms with Crippen molar-refractivity contribution >= 4 is 5.91 Å². The van der Waals surface area contributed by atoms with Crippen LogP contribution in [0.4, 0.5) is 0 Å². The quantitative estimate of drug-likeness (QED) is 0.693. The molecule has 2 aliphatic rings. The summed E-state index contributed by atoms with van der Waals surface area (Å²) in [7, 11) is 2.11. The number of hydrogen-bond donors (Lipinski definition) is 1. The Balaban J connectivity index is 1.81. The Labute approximate surface area is 91.6 Å². The Bertz CT molecular complexity index is 226. The first-order valence-electron chi connectivity index (χ1n) is 5.96. The highest BCUT2D eigenvalue weighted by molar-refractivity contribution is 5.77. The molecule has 1 atom stereocenters. The molecule has 2 saturated heterocycles. The summed E-state index contributed by atoms with van der Waals surface area (Å²) in [6, 6.07) is 0.395. The molecule has 4 nitrogen and oxygen atoms in total. The van der Waals surface area contributed by atoms with Crippen LogP contribution in [0.1, 0.15) is 19.3 Å². The molecule has 0 radical (unpaired) electrons. The van der Waals surface area contributed by atoms with Crippen LogP contribution in [0.15, 0.2) is 0 Å². The van der Waals surface area contributed by atoms with Crippen LogP contribution in [-0.2, 0) is 4.79 Å². The lowest BCUT2D eigenvalue weighted by molar-refractivity contribution is -0.131. The van der Waals surface area contributed by atoms with E-state index < -0.39 is 0 Å². The average molecular weight is 211 g/mol. The SMILES string of the molecule is CN1CCNCC1CC(=O)N1CCCC1. The number of likely N-dealkylation sites (N-methyl/N-ethyl adjacent to an activating group) is 1. The van der Waals surface area contributed by atoms with Crippen LogP contribution in [0.2, 0.25) is 0 Å². The molecule has 0 aromatic heterocycles. The van der Waals surface area contributed by atoms with Crippen molar-refractivity contribution in [2.45, 2.75) is 25.3 Å². The topological polar surface area (TPSA) is 35.6 Å². The van der Waals surface area contributed by atoms with Gasteiger partial charge in [0.05, 0.1) is 0 Å². The van der Waals surface area contributed by atoms with Gasteiger partial charge < -0.3 is 15.1 Å². The number of nitrogens with one attached hydrogen (secondary N) is 1. The van der Waals surface area contributed by atoms with Gasteiger partial charge in [-0.2, -0.15) is 0 Å². The van der Waals surface area contributed by atoms with Crippen molar-refractivity contribution < 1.29 is 4.79 Å². The number of rotatable bonds is 2. The van der Waals surface area contributed by atoms with E-state index in [1.807, 2.05) is 4.90 Å². The Hall–Kier alpha value is -0.610. The smallest absolute Gasteiger partial charge is 0.224 e. The first kappa shape index (κ1) is 10.9. The summed E-state index contributed by atoms with van der Waals surface area (Å²) in [4.78, 5) is 16.2. The maximum atomic E-state index is 11.9. The number of piperazine rings is 1. The maximum Gasteiger partial charge on any atom is 0.224 e. The van der Waals surface area contributed by atoms with E-state index in [4.69, 9.17) is 0 Å². The summed E-state index contributed by atoms with van der Waals surface area (Å²) in [5, 5.41) is 3.35. The molecule has 1 amide bonds. The number of amides is 1. The normalized spacial score (nSPS) is 28.3. The van der Waals surface area contributed by atoms with Crippen molar-refractivity contribution in [1.82, 2.24) is 15.1 Å². The van der Waals surface area contributed by atoms with Crippen LogP contribution < -0.4 is 5.32 Å². The predicted octanol–water partition coefficient (Wildman–Crippen LogP) is -0.0975. The Morgan fingerprint density at radius 1 is 1.33 bits per heavy atom. The molecule has 2 rings (SSSR count). The van der Waals surface area contributed by atoms with Crippen LogP contribution in [0.25, 0.3) is 0 Å². The molecule has 1 unspecified atom stereocenters. The molecule has 15 heavy (non-hydrogen) atoms. The molecule has 2 heterocycles. The molecular weight excluding hydrogens is 190 g/mol. The number of hydrogen-bond acceptors (Lipinski definition) is 3. The van der Waals surface area contributed by atoms with Gasteiger partial charge in [-0.15, -0.1) is 0 Å². The van der Waals surface area contributed by atoms with E-state index in [1.54, 1.807) is 0 Å². The first-order chi connectivity index (χ1) is 7.27. The van der Waals surface area contributed by atoms with E-state index in [0.29, 0.717) is 18.4 Å². The molecule has 0 bridgehead atoms. The van der Waals surface area contributed by atoms with Gasteiger partial charge in [-0.05, 0) is 19.9 Å². The minimum atomic E-state index is 0.341. The average Bonchev–Trinajstić information content (AvgIpc) is 2.74. The second-order valence-electron chi connectivity index (χ2n) is 4.63. The predicted molar refractivity (Wildman–Crippen MR) is 59.7 cm³/mol. The molecule has 4 heteroatoms. The molecule has 2 aliphatic heterocycles. The first-order valence-corrected chi connectivity index (χ1v) is 5.96. The van der Waals surface area contributed by atoms with Gasteiger partial charge in [-0.1, -0.05) is 0 Å². The molecule has 0 aromatic carbocycles. The number of nitrogens with zero attached hydrogens (tertiary/aromatic N) is 2. The van der Waals surface area contributed by atoms with Crippen LogP contribution in [-0.4, -0.2) is 61.5 Å². The monoisotopic (exact) mass is 211 g/mol. The van der Waals surface area contributed by atoms with Crippen LogP contribution in [0.3, 0.4) is 0 Å². The molecule has 0 saturated carbocycles. The van der Waals surface area contributed by atoms with Crippen molar-refractivity contribution in [1.29, 1.82) is 0 Å². The van der Waals surface area contributed by atoms with Crippen LogP contribution >= 0.6 is 0 Å². The molecule has 86 valence electrons. The Morgan fingerprint density at radius 2 is 2.07 bits per heavy atom. The molecule has 2 fully saturated rings. The van der Waals surface area contributed by atoms with Crippen molar-refractivity contribution in [2.75, 3.05) is 39.8 Å². The van der Waals surface area contributed by atoms with Gasteiger partial charge in [0.2, 0.25) is 5.91 Å². The summed E-state index contributed by atoms with van der Waals surface area (Å²) in [6.45, 7) is 5.00.